The Morgan fingerprint density at radius 3 is 2.90 bits per heavy atom. The fourth-order valence-electron chi connectivity index (χ4n) is 1.21. The second-order valence-corrected chi connectivity index (χ2v) is 3.02. The predicted molar refractivity (Wildman–Crippen MR) is 40.9 cm³/mol. The van der Waals surface area contributed by atoms with Crippen molar-refractivity contribution in [2.75, 3.05) is 6.54 Å². The standard InChI is InChI=1S/C7H12ClNO/c1-2-7(10)9-5-3-4-6(9)8/h6H,2-5H2,1H3. The highest BCUT2D eigenvalue weighted by Gasteiger charge is 2.24. The van der Waals surface area contributed by atoms with Crippen LogP contribution in [0.1, 0.15) is 26.2 Å². The van der Waals surface area contributed by atoms with E-state index in [1.54, 1.807) is 4.90 Å². The summed E-state index contributed by atoms with van der Waals surface area (Å²) >= 11 is 5.86. The van der Waals surface area contributed by atoms with Gasteiger partial charge in [-0.2, -0.15) is 0 Å². The van der Waals surface area contributed by atoms with Gasteiger partial charge >= 0.3 is 0 Å². The first-order valence-electron chi connectivity index (χ1n) is 3.69. The molecule has 1 rings (SSSR count). The largest absolute Gasteiger partial charge is 0.326 e. The number of rotatable bonds is 1. The van der Waals surface area contributed by atoms with Crippen LogP contribution in [0, 0.1) is 0 Å². The van der Waals surface area contributed by atoms with Crippen molar-refractivity contribution in [3.63, 3.8) is 0 Å². The van der Waals surface area contributed by atoms with Crippen molar-refractivity contribution in [2.24, 2.45) is 0 Å². The second-order valence-electron chi connectivity index (χ2n) is 2.52. The minimum absolute atomic E-state index is 0.0348. The molecule has 1 amide bonds. The molecule has 1 fully saturated rings. The van der Waals surface area contributed by atoms with Crippen LogP contribution in [0.5, 0.6) is 0 Å². The van der Waals surface area contributed by atoms with Crippen molar-refractivity contribution in [1.82, 2.24) is 4.90 Å². The molecule has 1 unspecified atom stereocenters. The Bertz CT molecular complexity index is 138. The molecule has 0 aromatic heterocycles. The van der Waals surface area contributed by atoms with Gasteiger partial charge in [0, 0.05) is 13.0 Å². The highest BCUT2D eigenvalue weighted by atomic mass is 35.5. The maximum atomic E-state index is 11.1. The van der Waals surface area contributed by atoms with E-state index in [-0.39, 0.29) is 11.4 Å². The minimum atomic E-state index is -0.0348. The summed E-state index contributed by atoms with van der Waals surface area (Å²) in [7, 11) is 0. The molecule has 58 valence electrons. The first kappa shape index (κ1) is 7.86. The van der Waals surface area contributed by atoms with Crippen molar-refractivity contribution in [3.05, 3.63) is 0 Å². The molecule has 1 aliphatic rings. The zero-order valence-electron chi connectivity index (χ0n) is 6.14. The van der Waals surface area contributed by atoms with Crippen molar-refractivity contribution in [2.45, 2.75) is 31.7 Å². The van der Waals surface area contributed by atoms with Gasteiger partial charge in [-0.3, -0.25) is 4.79 Å². The number of amides is 1. The minimum Gasteiger partial charge on any atom is -0.326 e. The van der Waals surface area contributed by atoms with Gasteiger partial charge in [-0.15, -0.1) is 0 Å². The molecule has 1 atom stereocenters. The third-order valence-electron chi connectivity index (χ3n) is 1.80. The lowest BCUT2D eigenvalue weighted by molar-refractivity contribution is -0.130. The lowest BCUT2D eigenvalue weighted by Crippen LogP contribution is -2.31. The van der Waals surface area contributed by atoms with E-state index in [0.717, 1.165) is 19.4 Å². The van der Waals surface area contributed by atoms with Gasteiger partial charge in [0.25, 0.3) is 0 Å². The van der Waals surface area contributed by atoms with Crippen LogP contribution in [0.4, 0.5) is 0 Å². The lowest BCUT2D eigenvalue weighted by atomic mass is 10.4. The summed E-state index contributed by atoms with van der Waals surface area (Å²) < 4.78 is 0. The van der Waals surface area contributed by atoms with Crippen LogP contribution in [-0.2, 0) is 4.79 Å². The Hall–Kier alpha value is -0.240. The topological polar surface area (TPSA) is 20.3 Å². The van der Waals surface area contributed by atoms with Gasteiger partial charge in [-0.25, -0.2) is 0 Å². The molecular formula is C7H12ClNO. The van der Waals surface area contributed by atoms with Crippen LogP contribution in [0.15, 0.2) is 0 Å². The van der Waals surface area contributed by atoms with Crippen molar-refractivity contribution < 1.29 is 4.79 Å². The number of nitrogens with zero attached hydrogens (tertiary/aromatic N) is 1. The van der Waals surface area contributed by atoms with Crippen LogP contribution in [0.2, 0.25) is 0 Å². The maximum absolute atomic E-state index is 11.1. The molecule has 0 N–H and O–H groups in total. The van der Waals surface area contributed by atoms with Crippen LogP contribution < -0.4 is 0 Å². The number of hydrogen-bond donors (Lipinski definition) is 0. The monoisotopic (exact) mass is 161 g/mol. The van der Waals surface area contributed by atoms with Crippen molar-refractivity contribution >= 4 is 17.5 Å². The van der Waals surface area contributed by atoms with E-state index in [0.29, 0.717) is 6.42 Å². The number of alkyl halides is 1. The van der Waals surface area contributed by atoms with E-state index in [1.807, 2.05) is 6.92 Å². The Labute approximate surface area is 66.1 Å². The predicted octanol–water partition coefficient (Wildman–Crippen LogP) is 1.58. The van der Waals surface area contributed by atoms with Gasteiger partial charge in [-0.1, -0.05) is 18.5 Å². The highest BCUT2D eigenvalue weighted by Crippen LogP contribution is 2.20. The third-order valence-corrected chi connectivity index (χ3v) is 2.26. The molecule has 2 nitrogen and oxygen atoms in total. The number of carbonyl (C=O) groups excluding carboxylic acids is 1. The Kier molecular flexibility index (Phi) is 2.55. The molecule has 0 spiro atoms. The third kappa shape index (κ3) is 1.43. The lowest BCUT2D eigenvalue weighted by Gasteiger charge is -2.18. The van der Waals surface area contributed by atoms with E-state index < -0.39 is 0 Å². The molecule has 0 aromatic carbocycles. The van der Waals surface area contributed by atoms with Gasteiger partial charge in [0.1, 0.15) is 5.50 Å². The zero-order chi connectivity index (χ0) is 7.56. The first-order valence-corrected chi connectivity index (χ1v) is 4.13. The molecule has 0 saturated carbocycles. The van der Waals surface area contributed by atoms with E-state index in [4.69, 9.17) is 11.6 Å². The number of carbonyl (C=O) groups is 1. The number of hydrogen-bond acceptors (Lipinski definition) is 1. The fraction of sp³-hybridized carbons (Fsp3) is 0.857. The molecular weight excluding hydrogens is 150 g/mol. The SMILES string of the molecule is CCC(=O)N1CCCC1Cl. The average Bonchev–Trinajstić information content (AvgIpc) is 2.34. The molecule has 0 radical (unpaired) electrons. The van der Waals surface area contributed by atoms with E-state index in [9.17, 15) is 4.79 Å². The summed E-state index contributed by atoms with van der Waals surface area (Å²) in [5, 5.41) is 0. The fourth-order valence-corrected chi connectivity index (χ4v) is 1.57. The van der Waals surface area contributed by atoms with Crippen molar-refractivity contribution in [3.8, 4) is 0 Å². The highest BCUT2D eigenvalue weighted by molar-refractivity contribution is 6.21. The number of likely N-dealkylation sites (tertiary alicyclic amines) is 1. The smallest absolute Gasteiger partial charge is 0.223 e. The molecule has 0 bridgehead atoms. The quantitative estimate of drug-likeness (QED) is 0.423. The van der Waals surface area contributed by atoms with Crippen molar-refractivity contribution in [1.29, 1.82) is 0 Å². The van der Waals surface area contributed by atoms with Crippen LogP contribution in [0.25, 0.3) is 0 Å². The Morgan fingerprint density at radius 1 is 1.80 bits per heavy atom. The van der Waals surface area contributed by atoms with Crippen LogP contribution >= 0.6 is 11.6 Å². The van der Waals surface area contributed by atoms with Gasteiger partial charge in [0.05, 0.1) is 0 Å². The first-order chi connectivity index (χ1) is 4.75. The number of halogens is 1. The van der Waals surface area contributed by atoms with E-state index in [2.05, 4.69) is 0 Å². The van der Waals surface area contributed by atoms with Gasteiger partial charge in [-0.05, 0) is 12.8 Å². The normalized spacial score (nSPS) is 25.4. The van der Waals surface area contributed by atoms with Gasteiger partial charge in [0.15, 0.2) is 0 Å². The van der Waals surface area contributed by atoms with E-state index in [1.165, 1.54) is 0 Å². The Morgan fingerprint density at radius 2 is 2.50 bits per heavy atom. The molecule has 0 aliphatic carbocycles. The van der Waals surface area contributed by atoms with Crippen LogP contribution in [0.3, 0.4) is 0 Å². The van der Waals surface area contributed by atoms with Gasteiger partial charge in [0.2, 0.25) is 5.91 Å². The van der Waals surface area contributed by atoms with E-state index >= 15 is 0 Å². The zero-order valence-corrected chi connectivity index (χ0v) is 6.90. The molecule has 1 heterocycles. The summed E-state index contributed by atoms with van der Waals surface area (Å²) in [5.74, 6) is 0.178. The summed E-state index contributed by atoms with van der Waals surface area (Å²) in [6, 6.07) is 0. The average molecular weight is 162 g/mol. The van der Waals surface area contributed by atoms with Crippen LogP contribution in [-0.4, -0.2) is 22.9 Å². The molecule has 3 heteroatoms. The summed E-state index contributed by atoms with van der Waals surface area (Å²) in [6.45, 7) is 2.71. The molecule has 10 heavy (non-hydrogen) atoms. The molecule has 1 aliphatic heterocycles. The second kappa shape index (κ2) is 3.24. The van der Waals surface area contributed by atoms with Gasteiger partial charge < -0.3 is 4.90 Å². The summed E-state index contributed by atoms with van der Waals surface area (Å²) in [5.41, 5.74) is -0.0348. The molecule has 0 aromatic rings. The summed E-state index contributed by atoms with van der Waals surface area (Å²) in [6.07, 6.45) is 2.58. The Balaban J connectivity index is 2.46. The maximum Gasteiger partial charge on any atom is 0.223 e. The molecule has 1 saturated heterocycles. The summed E-state index contributed by atoms with van der Waals surface area (Å²) in [4.78, 5) is 12.8.